The van der Waals surface area contributed by atoms with E-state index in [9.17, 15) is 18.7 Å². The van der Waals surface area contributed by atoms with Crippen LogP contribution in [0, 0.1) is 15.6 Å². The first-order valence-corrected chi connectivity index (χ1v) is 13.3. The Hall–Kier alpha value is -2.98. The van der Waals surface area contributed by atoms with Gasteiger partial charge < -0.3 is 20.3 Å². The average Bonchev–Trinajstić information content (AvgIpc) is 3.17. The van der Waals surface area contributed by atoms with Crippen molar-refractivity contribution in [2.75, 3.05) is 6.54 Å². The Bertz CT molecular complexity index is 1420. The first-order chi connectivity index (χ1) is 17.8. The van der Waals surface area contributed by atoms with Gasteiger partial charge in [0.1, 0.15) is 18.2 Å². The molecule has 0 saturated carbocycles. The number of nitrogens with zero attached hydrogens (tertiary/aromatic N) is 1. The van der Waals surface area contributed by atoms with Crippen LogP contribution < -0.4 is 10.6 Å². The zero-order valence-corrected chi connectivity index (χ0v) is 22.0. The van der Waals surface area contributed by atoms with Crippen LogP contribution >= 0.6 is 23.6 Å². The number of amides is 1. The normalized spacial score (nSPS) is 13.0. The molecule has 9 heteroatoms. The lowest BCUT2D eigenvalue weighted by Gasteiger charge is -2.25. The first-order valence-electron chi connectivity index (χ1n) is 12.1. The van der Waals surface area contributed by atoms with Gasteiger partial charge in [-0.25, -0.2) is 8.78 Å². The molecule has 3 N–H and O–H groups in total. The van der Waals surface area contributed by atoms with Crippen LogP contribution in [0.1, 0.15) is 23.6 Å². The summed E-state index contributed by atoms with van der Waals surface area (Å²) in [6.45, 7) is 2.78. The van der Waals surface area contributed by atoms with E-state index in [-0.39, 0.29) is 25.4 Å². The number of carbonyl (C=O) groups excluding carboxylic acids is 1. The van der Waals surface area contributed by atoms with Gasteiger partial charge in [-0.05, 0) is 66.0 Å². The van der Waals surface area contributed by atoms with Crippen molar-refractivity contribution in [3.8, 4) is 0 Å². The SMILES string of the molecule is CCc1cccc(CNCC(O)C(Cc2cc(F)cc(F)c2)NC(=O)Cn2c(=S)sc3ccccc32)c1. The van der Waals surface area contributed by atoms with Gasteiger partial charge in [0, 0.05) is 19.2 Å². The fourth-order valence-electron chi connectivity index (χ4n) is 4.29. The van der Waals surface area contributed by atoms with Gasteiger partial charge in [-0.3, -0.25) is 4.79 Å². The highest BCUT2D eigenvalue weighted by molar-refractivity contribution is 7.73. The summed E-state index contributed by atoms with van der Waals surface area (Å²) < 4.78 is 30.9. The second-order valence-corrected chi connectivity index (χ2v) is 10.6. The second-order valence-electron chi connectivity index (χ2n) is 8.95. The molecule has 1 heterocycles. The van der Waals surface area contributed by atoms with Crippen molar-refractivity contribution < 1.29 is 18.7 Å². The van der Waals surface area contributed by atoms with Gasteiger partial charge >= 0.3 is 0 Å². The lowest BCUT2D eigenvalue weighted by atomic mass is 10.0. The molecule has 1 amide bonds. The summed E-state index contributed by atoms with van der Waals surface area (Å²) in [4.78, 5) is 13.1. The molecule has 0 bridgehead atoms. The van der Waals surface area contributed by atoms with E-state index < -0.39 is 23.8 Å². The zero-order valence-electron chi connectivity index (χ0n) is 20.4. The number of aliphatic hydroxyl groups excluding tert-OH is 1. The van der Waals surface area contributed by atoms with Crippen LogP contribution in [0.4, 0.5) is 8.78 Å². The maximum atomic E-state index is 13.8. The number of nitrogens with one attached hydrogen (secondary N) is 2. The van der Waals surface area contributed by atoms with Crippen molar-refractivity contribution in [3.63, 3.8) is 0 Å². The number of fused-ring (bicyclic) bond motifs is 1. The fourth-order valence-corrected chi connectivity index (χ4v) is 5.61. The van der Waals surface area contributed by atoms with Gasteiger partial charge in [0.05, 0.1) is 22.4 Å². The first kappa shape index (κ1) is 27.1. The molecule has 0 aliphatic carbocycles. The van der Waals surface area contributed by atoms with Gasteiger partial charge in [-0.2, -0.15) is 0 Å². The molecule has 0 aliphatic rings. The van der Waals surface area contributed by atoms with E-state index in [1.54, 1.807) is 4.57 Å². The number of aliphatic hydroxyl groups is 1. The largest absolute Gasteiger partial charge is 0.390 e. The predicted octanol–water partition coefficient (Wildman–Crippen LogP) is 5.15. The quantitative estimate of drug-likeness (QED) is 0.230. The van der Waals surface area contributed by atoms with Gasteiger partial charge in [-0.1, -0.05) is 43.3 Å². The Labute approximate surface area is 223 Å². The summed E-state index contributed by atoms with van der Waals surface area (Å²) in [6, 6.07) is 18.2. The Kier molecular flexibility index (Phi) is 9.15. The van der Waals surface area contributed by atoms with Crippen molar-refractivity contribution in [1.82, 2.24) is 15.2 Å². The molecule has 0 aliphatic heterocycles. The highest BCUT2D eigenvalue weighted by Crippen LogP contribution is 2.22. The number of halogens is 2. The maximum Gasteiger partial charge on any atom is 0.240 e. The van der Waals surface area contributed by atoms with E-state index in [1.807, 2.05) is 36.4 Å². The lowest BCUT2D eigenvalue weighted by Crippen LogP contribution is -2.49. The zero-order chi connectivity index (χ0) is 26.4. The summed E-state index contributed by atoms with van der Waals surface area (Å²) in [6.07, 6.45) is -0.0143. The van der Waals surface area contributed by atoms with Gasteiger partial charge in [0.2, 0.25) is 5.91 Å². The summed E-state index contributed by atoms with van der Waals surface area (Å²) in [5.41, 5.74) is 3.50. The number of hydrogen-bond donors (Lipinski definition) is 3. The molecule has 5 nitrogen and oxygen atoms in total. The summed E-state index contributed by atoms with van der Waals surface area (Å²) >= 11 is 6.87. The van der Waals surface area contributed by atoms with E-state index in [0.717, 1.165) is 28.3 Å². The Morgan fingerprint density at radius 2 is 1.76 bits per heavy atom. The molecular weight excluding hydrogens is 512 g/mol. The van der Waals surface area contributed by atoms with Gasteiger partial charge in [0.15, 0.2) is 3.95 Å². The number of para-hydroxylation sites is 1. The molecule has 0 fully saturated rings. The molecule has 0 radical (unpaired) electrons. The Morgan fingerprint density at radius 1 is 1.03 bits per heavy atom. The van der Waals surface area contributed by atoms with Crippen LogP contribution in [-0.2, 0) is 30.7 Å². The van der Waals surface area contributed by atoms with Crippen molar-refractivity contribution in [2.24, 2.45) is 0 Å². The lowest BCUT2D eigenvalue weighted by molar-refractivity contribution is -0.123. The molecule has 194 valence electrons. The van der Waals surface area contributed by atoms with Crippen LogP contribution in [0.2, 0.25) is 0 Å². The third-order valence-electron chi connectivity index (χ3n) is 6.15. The number of thiazole rings is 1. The minimum absolute atomic E-state index is 0.0270. The number of aryl methyl sites for hydroxylation is 1. The number of carbonyl (C=O) groups is 1. The molecule has 3 aromatic carbocycles. The molecule has 2 unspecified atom stereocenters. The second kappa shape index (κ2) is 12.5. The van der Waals surface area contributed by atoms with Gasteiger partial charge in [-0.15, -0.1) is 11.3 Å². The van der Waals surface area contributed by atoms with Crippen LogP contribution in [0.15, 0.2) is 66.7 Å². The Morgan fingerprint density at radius 3 is 2.51 bits per heavy atom. The number of aromatic nitrogens is 1. The fraction of sp³-hybridized carbons (Fsp3) is 0.286. The minimum Gasteiger partial charge on any atom is -0.390 e. The monoisotopic (exact) mass is 541 g/mol. The molecule has 0 spiro atoms. The van der Waals surface area contributed by atoms with Crippen LogP contribution in [0.5, 0.6) is 0 Å². The average molecular weight is 542 g/mol. The Balaban J connectivity index is 1.47. The van der Waals surface area contributed by atoms with Crippen molar-refractivity contribution in [3.05, 3.63) is 99.0 Å². The third-order valence-corrected chi connectivity index (χ3v) is 7.58. The molecular formula is C28H29F2N3O2S2. The van der Waals surface area contributed by atoms with Crippen molar-refractivity contribution >= 4 is 39.7 Å². The molecule has 37 heavy (non-hydrogen) atoms. The topological polar surface area (TPSA) is 66.3 Å². The smallest absolute Gasteiger partial charge is 0.240 e. The molecule has 4 aromatic rings. The van der Waals surface area contributed by atoms with E-state index in [2.05, 4.69) is 29.7 Å². The van der Waals surface area contributed by atoms with Crippen LogP contribution in [0.25, 0.3) is 10.2 Å². The van der Waals surface area contributed by atoms with E-state index in [4.69, 9.17) is 12.2 Å². The number of rotatable bonds is 11. The number of benzene rings is 3. The summed E-state index contributed by atoms with van der Waals surface area (Å²) in [7, 11) is 0. The number of hydrogen-bond acceptors (Lipinski definition) is 5. The van der Waals surface area contributed by atoms with Crippen LogP contribution in [-0.4, -0.2) is 34.3 Å². The molecule has 0 saturated heterocycles. The van der Waals surface area contributed by atoms with E-state index in [0.29, 0.717) is 16.1 Å². The predicted molar refractivity (Wildman–Crippen MR) is 146 cm³/mol. The summed E-state index contributed by atoms with van der Waals surface area (Å²) in [5, 5.41) is 17.1. The van der Waals surface area contributed by atoms with Crippen molar-refractivity contribution in [2.45, 2.75) is 45.0 Å². The highest BCUT2D eigenvalue weighted by Gasteiger charge is 2.23. The molecule has 1 aromatic heterocycles. The summed E-state index contributed by atoms with van der Waals surface area (Å²) in [5.74, 6) is -1.77. The van der Waals surface area contributed by atoms with Crippen molar-refractivity contribution in [1.29, 1.82) is 0 Å². The maximum absolute atomic E-state index is 13.8. The standard InChI is InChI=1S/C28H29F2N3O2S2/c1-2-18-6-5-7-19(10-18)15-31-16-25(34)23(13-20-11-21(29)14-22(30)12-20)32-27(35)17-33-24-8-3-4-9-26(24)37-28(33)36/h3-12,14,23,25,31,34H,2,13,15-17H2,1H3,(H,32,35). The van der Waals surface area contributed by atoms with Crippen LogP contribution in [0.3, 0.4) is 0 Å². The van der Waals surface area contributed by atoms with E-state index >= 15 is 0 Å². The highest BCUT2D eigenvalue weighted by atomic mass is 32.1. The van der Waals surface area contributed by atoms with E-state index in [1.165, 1.54) is 29.0 Å². The minimum atomic E-state index is -1.00. The molecule has 2 atom stereocenters. The third kappa shape index (κ3) is 7.29. The molecule has 4 rings (SSSR count). The van der Waals surface area contributed by atoms with Gasteiger partial charge in [0.25, 0.3) is 0 Å².